The summed E-state index contributed by atoms with van der Waals surface area (Å²) in [4.78, 5) is 19.9. The molecule has 0 bridgehead atoms. The van der Waals surface area contributed by atoms with Gasteiger partial charge in [-0.3, -0.25) is 0 Å². The van der Waals surface area contributed by atoms with Gasteiger partial charge in [-0.2, -0.15) is 4.73 Å². The zero-order valence-corrected chi connectivity index (χ0v) is 16.0. The van der Waals surface area contributed by atoms with Crippen molar-refractivity contribution >= 4 is 18.3 Å². The van der Waals surface area contributed by atoms with Gasteiger partial charge in [-0.05, 0) is 30.2 Å². The lowest BCUT2D eigenvalue weighted by Crippen LogP contribution is -2.39. The molecule has 1 heterocycles. The Morgan fingerprint density at radius 2 is 1.52 bits per heavy atom. The van der Waals surface area contributed by atoms with Crippen molar-refractivity contribution in [3.05, 3.63) is 101 Å². The van der Waals surface area contributed by atoms with Crippen molar-refractivity contribution < 1.29 is 9.63 Å². The summed E-state index contributed by atoms with van der Waals surface area (Å²) in [6.45, 7) is 3.00. The predicted molar refractivity (Wildman–Crippen MR) is 109 cm³/mol. The molecule has 1 amide bonds. The van der Waals surface area contributed by atoms with Crippen molar-refractivity contribution in [3.8, 4) is 0 Å². The molecule has 0 unspecified atom stereocenters. The van der Waals surface area contributed by atoms with Crippen LogP contribution in [0.15, 0.2) is 85.1 Å². The lowest BCUT2D eigenvalue weighted by Gasteiger charge is -2.26. The van der Waals surface area contributed by atoms with Crippen LogP contribution in [0.4, 0.5) is 4.79 Å². The molecule has 0 saturated heterocycles. The summed E-state index contributed by atoms with van der Waals surface area (Å²) in [5.41, 5.74) is 2.32. The zero-order chi connectivity index (χ0) is 19.1. The van der Waals surface area contributed by atoms with Gasteiger partial charge in [-0.25, -0.2) is 4.79 Å². The molecule has 0 aliphatic rings. The van der Waals surface area contributed by atoms with Gasteiger partial charge in [0.1, 0.15) is 4.64 Å². The maximum absolute atomic E-state index is 12.7. The average molecular weight is 378 g/mol. The summed E-state index contributed by atoms with van der Waals surface area (Å²) in [6.07, 6.45) is 1.22. The van der Waals surface area contributed by atoms with Gasteiger partial charge >= 0.3 is 6.09 Å². The second-order valence-electron chi connectivity index (χ2n) is 6.13. The van der Waals surface area contributed by atoms with Crippen LogP contribution in [-0.4, -0.2) is 28.8 Å². The van der Waals surface area contributed by atoms with E-state index in [0.717, 1.165) is 11.1 Å². The Bertz CT molecular complexity index is 886. The van der Waals surface area contributed by atoms with Crippen LogP contribution in [0.1, 0.15) is 24.0 Å². The van der Waals surface area contributed by atoms with Crippen molar-refractivity contribution in [3.63, 3.8) is 0 Å². The number of amides is 1. The molecule has 0 aliphatic carbocycles. The average Bonchev–Trinajstić information content (AvgIpc) is 2.72. The predicted octanol–water partition coefficient (Wildman–Crippen LogP) is 4.92. The van der Waals surface area contributed by atoms with Crippen LogP contribution in [0.2, 0.25) is 0 Å². The minimum Gasteiger partial charge on any atom is -0.316 e. The van der Waals surface area contributed by atoms with E-state index < -0.39 is 6.09 Å². The van der Waals surface area contributed by atoms with E-state index in [0.29, 0.717) is 17.7 Å². The third-order valence-corrected chi connectivity index (χ3v) is 4.73. The van der Waals surface area contributed by atoms with Gasteiger partial charge in [0.2, 0.25) is 0 Å². The number of aromatic nitrogens is 1. The van der Waals surface area contributed by atoms with Crippen LogP contribution in [0.5, 0.6) is 0 Å². The van der Waals surface area contributed by atoms with Gasteiger partial charge in [-0.1, -0.05) is 78.9 Å². The van der Waals surface area contributed by atoms with E-state index in [1.165, 1.54) is 4.73 Å². The highest BCUT2D eigenvalue weighted by Gasteiger charge is 2.22. The third kappa shape index (κ3) is 4.83. The van der Waals surface area contributed by atoms with Crippen molar-refractivity contribution in [2.24, 2.45) is 0 Å². The molecule has 3 aromatic rings. The standard InChI is InChI=1S/C22H22N2O2S/c1-2-23(22(25)26-24-16-10-9-15-21(24)27)17-20(18-11-5-3-6-12-18)19-13-7-4-8-14-19/h3-16,20H,2,17H2,1H3. The molecule has 0 N–H and O–H groups in total. The number of likely N-dealkylation sites (N-methyl/N-ethyl adjacent to an activating group) is 1. The molecular formula is C22H22N2O2S. The number of rotatable bonds is 6. The molecule has 0 aliphatic heterocycles. The van der Waals surface area contributed by atoms with Gasteiger partial charge in [0.15, 0.2) is 0 Å². The number of pyridine rings is 1. The highest BCUT2D eigenvalue weighted by atomic mass is 32.1. The second kappa shape index (κ2) is 9.14. The lowest BCUT2D eigenvalue weighted by atomic mass is 9.91. The van der Waals surface area contributed by atoms with Crippen LogP contribution in [0, 0.1) is 4.64 Å². The van der Waals surface area contributed by atoms with Crippen molar-refractivity contribution in [1.82, 2.24) is 9.63 Å². The van der Waals surface area contributed by atoms with Gasteiger partial charge in [-0.15, -0.1) is 0 Å². The van der Waals surface area contributed by atoms with E-state index in [1.807, 2.05) is 49.4 Å². The molecule has 27 heavy (non-hydrogen) atoms. The van der Waals surface area contributed by atoms with Gasteiger partial charge in [0.25, 0.3) is 0 Å². The first-order valence-electron chi connectivity index (χ1n) is 8.94. The van der Waals surface area contributed by atoms with Gasteiger partial charge in [0, 0.05) is 25.2 Å². The number of hydrogen-bond acceptors (Lipinski definition) is 3. The van der Waals surface area contributed by atoms with E-state index in [-0.39, 0.29) is 5.92 Å². The minimum atomic E-state index is -0.420. The Balaban J connectivity index is 1.84. The van der Waals surface area contributed by atoms with E-state index in [1.54, 1.807) is 23.2 Å². The highest BCUT2D eigenvalue weighted by Crippen LogP contribution is 2.25. The van der Waals surface area contributed by atoms with Crippen LogP contribution in [0.25, 0.3) is 0 Å². The van der Waals surface area contributed by atoms with Crippen LogP contribution < -0.4 is 4.84 Å². The van der Waals surface area contributed by atoms with Crippen molar-refractivity contribution in [2.45, 2.75) is 12.8 Å². The summed E-state index contributed by atoms with van der Waals surface area (Å²) < 4.78 is 1.77. The lowest BCUT2D eigenvalue weighted by molar-refractivity contribution is 0.0909. The molecule has 0 fully saturated rings. The Morgan fingerprint density at radius 3 is 2.04 bits per heavy atom. The number of benzene rings is 2. The molecule has 3 rings (SSSR count). The van der Waals surface area contributed by atoms with E-state index in [2.05, 4.69) is 24.3 Å². The van der Waals surface area contributed by atoms with Crippen LogP contribution in [0.3, 0.4) is 0 Å². The minimum absolute atomic E-state index is 0.0589. The molecule has 0 saturated carbocycles. The van der Waals surface area contributed by atoms with Crippen molar-refractivity contribution in [2.75, 3.05) is 13.1 Å². The number of hydrogen-bond donors (Lipinski definition) is 0. The molecule has 0 atom stereocenters. The summed E-state index contributed by atoms with van der Waals surface area (Å²) >= 11 is 5.20. The highest BCUT2D eigenvalue weighted by molar-refractivity contribution is 7.71. The number of carbonyl (C=O) groups is 1. The number of nitrogens with zero attached hydrogens (tertiary/aromatic N) is 2. The molecule has 138 valence electrons. The van der Waals surface area contributed by atoms with E-state index >= 15 is 0 Å². The molecule has 0 radical (unpaired) electrons. The normalized spacial score (nSPS) is 10.6. The van der Waals surface area contributed by atoms with Gasteiger partial charge < -0.3 is 9.74 Å². The second-order valence-corrected chi connectivity index (χ2v) is 6.55. The molecule has 2 aromatic carbocycles. The molecule has 1 aromatic heterocycles. The fourth-order valence-electron chi connectivity index (χ4n) is 2.96. The summed E-state index contributed by atoms with van der Waals surface area (Å²) in [5, 5.41) is 0. The van der Waals surface area contributed by atoms with E-state index in [4.69, 9.17) is 17.1 Å². The number of carbonyl (C=O) groups excluding carboxylic acids is 1. The van der Waals surface area contributed by atoms with Crippen LogP contribution in [-0.2, 0) is 0 Å². The maximum Gasteiger partial charge on any atom is 0.434 e. The Labute approximate surface area is 164 Å². The topological polar surface area (TPSA) is 34.5 Å². The maximum atomic E-state index is 12.7. The quantitative estimate of drug-likeness (QED) is 0.571. The monoisotopic (exact) mass is 378 g/mol. The molecular weight excluding hydrogens is 356 g/mol. The fraction of sp³-hybridized carbons (Fsp3) is 0.182. The third-order valence-electron chi connectivity index (χ3n) is 4.41. The molecule has 5 heteroatoms. The van der Waals surface area contributed by atoms with Gasteiger partial charge in [0.05, 0.1) is 0 Å². The zero-order valence-electron chi connectivity index (χ0n) is 15.2. The summed E-state index contributed by atoms with van der Waals surface area (Å²) in [5.74, 6) is 0.0589. The Morgan fingerprint density at radius 1 is 0.963 bits per heavy atom. The fourth-order valence-corrected chi connectivity index (χ4v) is 3.13. The summed E-state index contributed by atoms with van der Waals surface area (Å²) in [7, 11) is 0. The Hall–Kier alpha value is -2.92. The first kappa shape index (κ1) is 18.9. The SMILES string of the molecule is CCN(CC(c1ccccc1)c1ccccc1)C(=O)On1ccccc1=S. The van der Waals surface area contributed by atoms with E-state index in [9.17, 15) is 4.79 Å². The van der Waals surface area contributed by atoms with Crippen molar-refractivity contribution in [1.29, 1.82) is 0 Å². The first-order valence-corrected chi connectivity index (χ1v) is 9.34. The smallest absolute Gasteiger partial charge is 0.316 e. The molecule has 0 spiro atoms. The first-order chi connectivity index (χ1) is 13.2. The Kier molecular flexibility index (Phi) is 6.39. The molecule has 4 nitrogen and oxygen atoms in total. The largest absolute Gasteiger partial charge is 0.434 e. The summed E-state index contributed by atoms with van der Waals surface area (Å²) in [6, 6.07) is 25.7. The van der Waals surface area contributed by atoms with Crippen LogP contribution >= 0.6 is 12.2 Å².